The van der Waals surface area contributed by atoms with Crippen molar-refractivity contribution >= 4 is 43.6 Å². The molecule has 0 unspecified atom stereocenters. The smallest absolute Gasteiger partial charge is 0.160 e. The number of rotatable bonds is 5. The van der Waals surface area contributed by atoms with Gasteiger partial charge < -0.3 is 9.13 Å². The van der Waals surface area contributed by atoms with E-state index in [1.54, 1.807) is 0 Å². The molecule has 0 saturated heterocycles. The SMILES string of the molecule is Cc1cccc(-c2nc(-c3ccccc3)cc(-c3ccc(-n4c5ccccc5c5cc(-n6c7ccccc7c7ccccc76)ccc54)cc3)n2)c1. The van der Waals surface area contributed by atoms with Crippen molar-refractivity contribution in [3.8, 4) is 45.3 Å². The largest absolute Gasteiger partial charge is 0.309 e. The summed E-state index contributed by atoms with van der Waals surface area (Å²) in [6.07, 6.45) is 0. The minimum absolute atomic E-state index is 0.723. The zero-order valence-corrected chi connectivity index (χ0v) is 28.0. The first-order valence-corrected chi connectivity index (χ1v) is 17.3. The van der Waals surface area contributed by atoms with E-state index in [9.17, 15) is 0 Å². The van der Waals surface area contributed by atoms with Crippen LogP contribution in [-0.4, -0.2) is 19.1 Å². The topological polar surface area (TPSA) is 35.6 Å². The van der Waals surface area contributed by atoms with Gasteiger partial charge in [-0.05, 0) is 67.6 Å². The van der Waals surface area contributed by atoms with Crippen LogP contribution < -0.4 is 0 Å². The van der Waals surface area contributed by atoms with Crippen LogP contribution in [0, 0.1) is 6.92 Å². The number of benzene rings is 7. The first-order valence-electron chi connectivity index (χ1n) is 17.3. The van der Waals surface area contributed by atoms with Crippen molar-refractivity contribution < 1.29 is 0 Å². The van der Waals surface area contributed by atoms with Gasteiger partial charge in [-0.1, -0.05) is 121 Å². The van der Waals surface area contributed by atoms with E-state index >= 15 is 0 Å². The molecule has 4 nitrogen and oxygen atoms in total. The van der Waals surface area contributed by atoms with E-state index in [-0.39, 0.29) is 0 Å². The van der Waals surface area contributed by atoms with Crippen LogP contribution in [0.3, 0.4) is 0 Å². The van der Waals surface area contributed by atoms with Crippen LogP contribution in [0.15, 0.2) is 176 Å². The Morgan fingerprint density at radius 3 is 1.47 bits per heavy atom. The van der Waals surface area contributed by atoms with Gasteiger partial charge in [0.15, 0.2) is 5.82 Å². The summed E-state index contributed by atoms with van der Waals surface area (Å²) in [5.74, 6) is 0.723. The van der Waals surface area contributed by atoms with Crippen LogP contribution in [0.5, 0.6) is 0 Å². The zero-order valence-electron chi connectivity index (χ0n) is 28.0. The molecule has 0 aliphatic rings. The fraction of sp³-hybridized carbons (Fsp3) is 0.0213. The molecule has 3 aromatic heterocycles. The Labute approximate surface area is 295 Å². The molecule has 0 radical (unpaired) electrons. The highest BCUT2D eigenvalue weighted by Gasteiger charge is 2.17. The van der Waals surface area contributed by atoms with Gasteiger partial charge in [-0.15, -0.1) is 0 Å². The van der Waals surface area contributed by atoms with E-state index in [2.05, 4.69) is 186 Å². The fourth-order valence-electron chi connectivity index (χ4n) is 7.63. The Morgan fingerprint density at radius 1 is 0.353 bits per heavy atom. The Bertz CT molecular complexity index is 2860. The second-order valence-electron chi connectivity index (χ2n) is 13.2. The monoisotopic (exact) mass is 652 g/mol. The summed E-state index contributed by atoms with van der Waals surface area (Å²) in [5.41, 5.74) is 13.1. The second kappa shape index (κ2) is 11.7. The quantitative estimate of drug-likeness (QED) is 0.185. The van der Waals surface area contributed by atoms with Gasteiger partial charge in [-0.3, -0.25) is 0 Å². The molecule has 0 atom stereocenters. The van der Waals surface area contributed by atoms with Crippen molar-refractivity contribution in [2.24, 2.45) is 0 Å². The average molecular weight is 653 g/mol. The van der Waals surface area contributed by atoms with Crippen molar-refractivity contribution in [1.29, 1.82) is 0 Å². The third-order valence-corrected chi connectivity index (χ3v) is 9.99. The molecule has 0 spiro atoms. The Morgan fingerprint density at radius 2 is 0.843 bits per heavy atom. The summed E-state index contributed by atoms with van der Waals surface area (Å²) >= 11 is 0. The summed E-state index contributed by atoms with van der Waals surface area (Å²) in [5, 5.41) is 4.98. The van der Waals surface area contributed by atoms with Crippen molar-refractivity contribution in [3.63, 3.8) is 0 Å². The van der Waals surface area contributed by atoms with Crippen LogP contribution in [0.2, 0.25) is 0 Å². The third kappa shape index (κ3) is 4.84. The number of para-hydroxylation sites is 3. The second-order valence-corrected chi connectivity index (χ2v) is 13.2. The highest BCUT2D eigenvalue weighted by atomic mass is 15.0. The lowest BCUT2D eigenvalue weighted by Gasteiger charge is -2.12. The summed E-state index contributed by atoms with van der Waals surface area (Å²) in [4.78, 5) is 10.1. The number of nitrogens with zero attached hydrogens (tertiary/aromatic N) is 4. The molecule has 0 amide bonds. The molecule has 4 heteroatoms. The Kier molecular flexibility index (Phi) is 6.68. The maximum absolute atomic E-state index is 5.09. The first kappa shape index (κ1) is 29.2. The summed E-state index contributed by atoms with van der Waals surface area (Å²) in [6, 6.07) is 62.5. The van der Waals surface area contributed by atoms with Gasteiger partial charge in [0.25, 0.3) is 0 Å². The number of aromatic nitrogens is 4. The van der Waals surface area contributed by atoms with Crippen molar-refractivity contribution in [2.45, 2.75) is 6.92 Å². The molecule has 10 aromatic rings. The predicted molar refractivity (Wildman–Crippen MR) is 212 cm³/mol. The van der Waals surface area contributed by atoms with Gasteiger partial charge in [0, 0.05) is 49.6 Å². The minimum atomic E-state index is 0.723. The number of aryl methyl sites for hydroxylation is 1. The average Bonchev–Trinajstić information content (AvgIpc) is 3.71. The van der Waals surface area contributed by atoms with E-state index in [1.807, 2.05) is 6.07 Å². The maximum atomic E-state index is 5.09. The van der Waals surface area contributed by atoms with Gasteiger partial charge in [-0.2, -0.15) is 0 Å². The number of fused-ring (bicyclic) bond motifs is 6. The minimum Gasteiger partial charge on any atom is -0.309 e. The zero-order chi connectivity index (χ0) is 33.9. The molecule has 3 heterocycles. The molecule has 240 valence electrons. The number of hydrogen-bond donors (Lipinski definition) is 0. The maximum Gasteiger partial charge on any atom is 0.160 e. The van der Waals surface area contributed by atoms with Crippen LogP contribution in [-0.2, 0) is 0 Å². The van der Waals surface area contributed by atoms with Gasteiger partial charge >= 0.3 is 0 Å². The van der Waals surface area contributed by atoms with Crippen molar-refractivity contribution in [2.75, 3.05) is 0 Å². The molecule has 0 N–H and O–H groups in total. The molecule has 7 aromatic carbocycles. The van der Waals surface area contributed by atoms with Gasteiger partial charge in [0.2, 0.25) is 0 Å². The van der Waals surface area contributed by atoms with E-state index < -0.39 is 0 Å². The molecule has 0 aliphatic carbocycles. The molecular formula is C47H32N4. The Hall–Kier alpha value is -6.78. The summed E-state index contributed by atoms with van der Waals surface area (Å²) in [6.45, 7) is 2.10. The summed E-state index contributed by atoms with van der Waals surface area (Å²) in [7, 11) is 0. The standard InChI is InChI=1S/C47H32N4/c1-31-12-11-15-34(28-31)47-48-41(32-13-3-2-4-14-32)30-42(49-47)33-22-24-35(25-23-33)50-45-21-10-7-18-39(45)40-29-36(26-27-46(40)50)51-43-19-8-5-16-37(43)38-17-6-9-20-44(38)51/h2-30H,1H3. The van der Waals surface area contributed by atoms with Crippen molar-refractivity contribution in [1.82, 2.24) is 19.1 Å². The van der Waals surface area contributed by atoms with Crippen LogP contribution in [0.1, 0.15) is 5.56 Å². The van der Waals surface area contributed by atoms with Gasteiger partial charge in [-0.25, -0.2) is 9.97 Å². The van der Waals surface area contributed by atoms with Crippen LogP contribution >= 0.6 is 0 Å². The lowest BCUT2D eigenvalue weighted by atomic mass is 10.1. The first-order chi connectivity index (χ1) is 25.2. The molecule has 0 aliphatic heterocycles. The molecule has 10 rings (SSSR count). The fourth-order valence-corrected chi connectivity index (χ4v) is 7.63. The lowest BCUT2D eigenvalue weighted by Crippen LogP contribution is -1.97. The molecule has 0 fully saturated rings. The van der Waals surface area contributed by atoms with Crippen LogP contribution in [0.4, 0.5) is 0 Å². The highest BCUT2D eigenvalue weighted by Crippen LogP contribution is 2.37. The van der Waals surface area contributed by atoms with E-state index in [1.165, 1.54) is 49.2 Å². The summed E-state index contributed by atoms with van der Waals surface area (Å²) < 4.78 is 4.76. The normalized spacial score (nSPS) is 11.6. The van der Waals surface area contributed by atoms with Crippen LogP contribution in [0.25, 0.3) is 88.9 Å². The molecular weight excluding hydrogens is 621 g/mol. The molecule has 0 bridgehead atoms. The van der Waals surface area contributed by atoms with Crippen molar-refractivity contribution in [3.05, 3.63) is 181 Å². The van der Waals surface area contributed by atoms with E-state index in [0.29, 0.717) is 0 Å². The molecule has 51 heavy (non-hydrogen) atoms. The van der Waals surface area contributed by atoms with E-state index in [4.69, 9.17) is 9.97 Å². The molecule has 0 saturated carbocycles. The lowest BCUT2D eigenvalue weighted by molar-refractivity contribution is 1.16. The Balaban J connectivity index is 1.11. The predicted octanol–water partition coefficient (Wildman–Crippen LogP) is 12.0. The highest BCUT2D eigenvalue weighted by molar-refractivity contribution is 6.12. The van der Waals surface area contributed by atoms with Gasteiger partial charge in [0.1, 0.15) is 0 Å². The van der Waals surface area contributed by atoms with E-state index in [0.717, 1.165) is 45.3 Å². The third-order valence-electron chi connectivity index (χ3n) is 9.99. The van der Waals surface area contributed by atoms with Gasteiger partial charge in [0.05, 0.1) is 33.5 Å². The number of hydrogen-bond acceptors (Lipinski definition) is 2.